The number of oxazole rings is 1. The van der Waals surface area contributed by atoms with Crippen molar-refractivity contribution in [3.05, 3.63) is 53.9 Å². The molecule has 3 aromatic rings. The highest BCUT2D eigenvalue weighted by Gasteiger charge is 2.35. The molecular formula is C18H20FN5O2. The molecule has 0 unspecified atom stereocenters. The van der Waals surface area contributed by atoms with Crippen molar-refractivity contribution in [1.82, 2.24) is 24.9 Å². The van der Waals surface area contributed by atoms with Gasteiger partial charge in [0.25, 0.3) is 0 Å². The average Bonchev–Trinajstić information content (AvgIpc) is 3.37. The number of hydrogen-bond acceptors (Lipinski definition) is 6. The summed E-state index contributed by atoms with van der Waals surface area (Å²) >= 11 is 0. The second-order valence-electron chi connectivity index (χ2n) is 6.54. The van der Waals surface area contributed by atoms with Crippen molar-refractivity contribution in [3.8, 4) is 11.5 Å². The van der Waals surface area contributed by atoms with Crippen LogP contribution in [-0.2, 0) is 18.3 Å². The van der Waals surface area contributed by atoms with Crippen LogP contribution < -0.4 is 0 Å². The first-order valence-corrected chi connectivity index (χ1v) is 8.43. The fourth-order valence-corrected chi connectivity index (χ4v) is 3.45. The number of benzene rings is 1. The van der Waals surface area contributed by atoms with E-state index >= 15 is 0 Å². The Kier molecular flexibility index (Phi) is 4.52. The molecule has 0 N–H and O–H groups in total. The predicted octanol–water partition coefficient (Wildman–Crippen LogP) is 2.22. The summed E-state index contributed by atoms with van der Waals surface area (Å²) in [6.07, 6.45) is 4.94. The van der Waals surface area contributed by atoms with E-state index < -0.39 is 0 Å². The Morgan fingerprint density at radius 3 is 2.88 bits per heavy atom. The van der Waals surface area contributed by atoms with Crippen LogP contribution in [0.4, 0.5) is 4.39 Å². The topological polar surface area (TPSA) is 69.2 Å². The molecule has 1 aliphatic heterocycles. The van der Waals surface area contributed by atoms with Crippen LogP contribution in [0.2, 0.25) is 0 Å². The molecule has 4 rings (SSSR count). The van der Waals surface area contributed by atoms with Crippen molar-refractivity contribution in [1.29, 1.82) is 0 Å². The third kappa shape index (κ3) is 3.25. The Balaban J connectivity index is 1.49. The zero-order valence-corrected chi connectivity index (χ0v) is 14.7. The second-order valence-corrected chi connectivity index (χ2v) is 6.54. The van der Waals surface area contributed by atoms with Crippen molar-refractivity contribution >= 4 is 0 Å². The number of aryl methyl sites for hydroxylation is 1. The second kappa shape index (κ2) is 6.97. The van der Waals surface area contributed by atoms with Crippen molar-refractivity contribution in [2.75, 3.05) is 20.2 Å². The van der Waals surface area contributed by atoms with Crippen molar-refractivity contribution in [2.24, 2.45) is 7.05 Å². The van der Waals surface area contributed by atoms with Gasteiger partial charge in [-0.15, -0.1) is 5.10 Å². The summed E-state index contributed by atoms with van der Waals surface area (Å²) < 4.78 is 27.1. The van der Waals surface area contributed by atoms with Crippen molar-refractivity contribution in [3.63, 3.8) is 0 Å². The molecule has 2 aromatic heterocycles. The molecule has 136 valence electrons. The normalized spacial score (nSPS) is 20.7. The summed E-state index contributed by atoms with van der Waals surface area (Å²) in [6.45, 7) is 1.98. The van der Waals surface area contributed by atoms with E-state index in [2.05, 4.69) is 20.2 Å². The van der Waals surface area contributed by atoms with Crippen LogP contribution >= 0.6 is 0 Å². The monoisotopic (exact) mass is 357 g/mol. The number of rotatable bonds is 5. The highest BCUT2D eigenvalue weighted by molar-refractivity contribution is 5.53. The van der Waals surface area contributed by atoms with Gasteiger partial charge in [-0.3, -0.25) is 9.58 Å². The lowest BCUT2D eigenvalue weighted by Gasteiger charge is -2.16. The van der Waals surface area contributed by atoms with Gasteiger partial charge in [-0.25, -0.2) is 9.37 Å². The molecule has 0 amide bonds. The number of ether oxygens (including phenoxy) is 1. The molecular weight excluding hydrogens is 337 g/mol. The van der Waals surface area contributed by atoms with Crippen molar-refractivity contribution < 1.29 is 13.5 Å². The number of methoxy groups -OCH3 is 1. The number of aromatic nitrogens is 4. The Bertz CT molecular complexity index is 880. The third-order valence-corrected chi connectivity index (χ3v) is 4.77. The molecule has 1 saturated heterocycles. The lowest BCUT2D eigenvalue weighted by Crippen LogP contribution is -2.23. The first kappa shape index (κ1) is 16.9. The van der Waals surface area contributed by atoms with E-state index in [4.69, 9.17) is 9.15 Å². The largest absolute Gasteiger partial charge is 0.445 e. The SMILES string of the molecule is CO[C@@H]1CN(Cc2ccc(-c3ncco3)cc2F)C[C@H]1c1cn(C)nn1. The van der Waals surface area contributed by atoms with E-state index in [0.717, 1.165) is 18.8 Å². The Morgan fingerprint density at radius 1 is 1.35 bits per heavy atom. The Hall–Kier alpha value is -2.58. The number of hydrogen-bond donors (Lipinski definition) is 0. The zero-order chi connectivity index (χ0) is 18.1. The molecule has 0 aliphatic carbocycles. The number of likely N-dealkylation sites (tertiary alicyclic amines) is 1. The van der Waals surface area contributed by atoms with Gasteiger partial charge in [0.2, 0.25) is 5.89 Å². The maximum Gasteiger partial charge on any atom is 0.225 e. The van der Waals surface area contributed by atoms with Crippen LogP contribution in [0.5, 0.6) is 0 Å². The molecule has 0 spiro atoms. The van der Waals surface area contributed by atoms with Gasteiger partial charge in [0, 0.05) is 57.0 Å². The van der Waals surface area contributed by atoms with Gasteiger partial charge in [0.15, 0.2) is 0 Å². The Labute approximate surface area is 150 Å². The molecule has 1 aromatic carbocycles. The van der Waals surface area contributed by atoms with Crippen LogP contribution in [0.3, 0.4) is 0 Å². The molecule has 2 atom stereocenters. The van der Waals surface area contributed by atoms with Gasteiger partial charge in [0.05, 0.1) is 18.0 Å². The number of nitrogens with zero attached hydrogens (tertiary/aromatic N) is 5. The van der Waals surface area contributed by atoms with Gasteiger partial charge in [-0.1, -0.05) is 11.3 Å². The fourth-order valence-electron chi connectivity index (χ4n) is 3.45. The molecule has 8 heteroatoms. The first-order chi connectivity index (χ1) is 12.6. The molecule has 0 saturated carbocycles. The maximum atomic E-state index is 14.5. The van der Waals surface area contributed by atoms with E-state index in [-0.39, 0.29) is 17.8 Å². The van der Waals surface area contributed by atoms with Gasteiger partial charge in [0.1, 0.15) is 12.1 Å². The minimum absolute atomic E-state index is 0.0151. The summed E-state index contributed by atoms with van der Waals surface area (Å²) in [4.78, 5) is 6.23. The van der Waals surface area contributed by atoms with Gasteiger partial charge >= 0.3 is 0 Å². The minimum Gasteiger partial charge on any atom is -0.445 e. The summed E-state index contributed by atoms with van der Waals surface area (Å²) in [7, 11) is 3.54. The molecule has 0 radical (unpaired) electrons. The zero-order valence-electron chi connectivity index (χ0n) is 14.7. The van der Waals surface area contributed by atoms with E-state index in [1.165, 1.54) is 12.3 Å². The number of halogens is 1. The van der Waals surface area contributed by atoms with Crippen LogP contribution in [0.15, 0.2) is 41.3 Å². The van der Waals surface area contributed by atoms with Crippen molar-refractivity contribution in [2.45, 2.75) is 18.6 Å². The highest BCUT2D eigenvalue weighted by atomic mass is 19.1. The van der Waals surface area contributed by atoms with Crippen LogP contribution in [0, 0.1) is 5.82 Å². The lowest BCUT2D eigenvalue weighted by molar-refractivity contribution is 0.0956. The van der Waals surface area contributed by atoms with Gasteiger partial charge < -0.3 is 9.15 Å². The summed E-state index contributed by atoms with van der Waals surface area (Å²) in [5, 5.41) is 8.21. The fraction of sp³-hybridized carbons (Fsp3) is 0.389. The molecule has 0 bridgehead atoms. The molecule has 1 fully saturated rings. The van der Waals surface area contributed by atoms with E-state index in [0.29, 0.717) is 23.6 Å². The molecule has 7 nitrogen and oxygen atoms in total. The van der Waals surface area contributed by atoms with Crippen LogP contribution in [0.25, 0.3) is 11.5 Å². The predicted molar refractivity (Wildman–Crippen MR) is 91.7 cm³/mol. The lowest BCUT2D eigenvalue weighted by atomic mass is 10.0. The maximum absolute atomic E-state index is 14.5. The standard InChI is InChI=1S/C18H20FN5O2/c1-23-10-16(21-22-23)14-9-24(11-17(14)25-2)8-13-4-3-12(7-15(13)19)18-20-5-6-26-18/h3-7,10,14,17H,8-9,11H2,1-2H3/t14-,17+/m0/s1. The van der Waals surface area contributed by atoms with Gasteiger partial charge in [-0.2, -0.15) is 0 Å². The molecule has 26 heavy (non-hydrogen) atoms. The summed E-state index contributed by atoms with van der Waals surface area (Å²) in [6, 6.07) is 5.08. The molecule has 3 heterocycles. The first-order valence-electron chi connectivity index (χ1n) is 8.43. The van der Waals surface area contributed by atoms with Crippen LogP contribution in [0.1, 0.15) is 17.2 Å². The van der Waals surface area contributed by atoms with E-state index in [1.54, 1.807) is 24.1 Å². The summed E-state index contributed by atoms with van der Waals surface area (Å²) in [5.74, 6) is 0.278. The van der Waals surface area contributed by atoms with Crippen LogP contribution in [-0.4, -0.2) is 51.2 Å². The van der Waals surface area contributed by atoms with E-state index in [9.17, 15) is 4.39 Å². The third-order valence-electron chi connectivity index (χ3n) is 4.77. The average molecular weight is 357 g/mol. The molecule has 1 aliphatic rings. The van der Waals surface area contributed by atoms with Gasteiger partial charge in [-0.05, 0) is 12.1 Å². The Morgan fingerprint density at radius 2 is 2.23 bits per heavy atom. The summed E-state index contributed by atoms with van der Waals surface area (Å²) in [5.41, 5.74) is 2.17. The smallest absolute Gasteiger partial charge is 0.225 e. The highest BCUT2D eigenvalue weighted by Crippen LogP contribution is 2.30. The van der Waals surface area contributed by atoms with E-state index in [1.807, 2.05) is 19.3 Å². The quantitative estimate of drug-likeness (QED) is 0.697. The minimum atomic E-state index is -0.266.